The molecule has 0 bridgehead atoms. The van der Waals surface area contributed by atoms with Gasteiger partial charge in [-0.05, 0) is 69.7 Å². The van der Waals surface area contributed by atoms with Gasteiger partial charge in [0.2, 0.25) is 6.41 Å². The predicted molar refractivity (Wildman–Crippen MR) is 133 cm³/mol. The average Bonchev–Trinajstić information content (AvgIpc) is 3.09. The van der Waals surface area contributed by atoms with Crippen LogP contribution in [0, 0.1) is 0 Å². The lowest BCUT2D eigenvalue weighted by Crippen LogP contribution is -2.33. The molecule has 2 saturated carbocycles. The van der Waals surface area contributed by atoms with Crippen molar-refractivity contribution in [1.82, 2.24) is 9.88 Å². The van der Waals surface area contributed by atoms with E-state index in [0.29, 0.717) is 18.7 Å². The summed E-state index contributed by atoms with van der Waals surface area (Å²) in [5.74, 6) is 0.861. The molecule has 1 aromatic heterocycles. The van der Waals surface area contributed by atoms with Gasteiger partial charge in [0.15, 0.2) is 0 Å². The molecule has 3 aromatic rings. The number of benzene rings is 2. The van der Waals surface area contributed by atoms with Gasteiger partial charge in [0, 0.05) is 41.8 Å². The number of carbonyl (C=O) groups is 1. The van der Waals surface area contributed by atoms with Crippen molar-refractivity contribution in [1.29, 1.82) is 0 Å². The van der Waals surface area contributed by atoms with Gasteiger partial charge in [0.05, 0.1) is 23.5 Å². The first-order chi connectivity index (χ1) is 16.2. The molecule has 2 aliphatic carbocycles. The third-order valence-corrected chi connectivity index (χ3v) is 6.69. The van der Waals surface area contributed by atoms with Crippen LogP contribution < -0.4 is 20.9 Å². The highest BCUT2D eigenvalue weighted by Gasteiger charge is 2.28. The number of hydrogen-bond donors (Lipinski definition) is 4. The van der Waals surface area contributed by atoms with Gasteiger partial charge in [-0.25, -0.2) is 0 Å². The Kier molecular flexibility index (Phi) is 7.40. The Morgan fingerprint density at radius 3 is 2.30 bits per heavy atom. The number of hydrogen-bond acceptors (Lipinski definition) is 5. The van der Waals surface area contributed by atoms with Crippen LogP contribution in [-0.2, 0) is 4.79 Å². The maximum atomic E-state index is 9.93. The zero-order valence-electron chi connectivity index (χ0n) is 19.4. The number of anilines is 2. The molecule has 4 N–H and O–H groups in total. The number of ether oxygens (including phenoxy) is 1. The molecule has 0 atom stereocenters. The van der Waals surface area contributed by atoms with Gasteiger partial charge < -0.3 is 19.9 Å². The second-order valence-corrected chi connectivity index (χ2v) is 8.64. The molecule has 176 valence electrons. The van der Waals surface area contributed by atoms with Crippen LogP contribution in [0.25, 0.3) is 22.2 Å². The highest BCUT2D eigenvalue weighted by Crippen LogP contribution is 2.45. The molecule has 33 heavy (non-hydrogen) atoms. The van der Waals surface area contributed by atoms with E-state index in [2.05, 4.69) is 51.0 Å². The van der Waals surface area contributed by atoms with Crippen molar-refractivity contribution >= 4 is 28.7 Å². The molecule has 0 aliphatic heterocycles. The van der Waals surface area contributed by atoms with E-state index in [1.54, 1.807) is 0 Å². The highest BCUT2D eigenvalue weighted by atomic mass is 16.5. The topological polar surface area (TPSA) is 87.5 Å². The molecule has 1 heterocycles. The number of rotatable bonds is 8. The van der Waals surface area contributed by atoms with Crippen LogP contribution in [0.1, 0.15) is 51.5 Å². The van der Waals surface area contributed by atoms with E-state index in [1.165, 1.54) is 25.7 Å². The van der Waals surface area contributed by atoms with Gasteiger partial charge in [-0.3, -0.25) is 15.5 Å². The molecule has 5 rings (SSSR count). The van der Waals surface area contributed by atoms with E-state index in [1.807, 2.05) is 26.1 Å². The second-order valence-electron chi connectivity index (χ2n) is 8.64. The Hall–Kier alpha value is -3.19. The molecular formula is C26H34N4O3. The Bertz CT molecular complexity index is 1070. The van der Waals surface area contributed by atoms with Crippen LogP contribution in [0.3, 0.4) is 0 Å². The maximum Gasteiger partial charge on any atom is 0.207 e. The Balaban J connectivity index is 0.000000318. The SMILES string of the molecule is CCOc1ccc2c(NO)c(-c3ccc(NC)cc3)n(C3CCC3)c2c1.O=CNC1CCC1. The van der Waals surface area contributed by atoms with Crippen LogP contribution in [0.15, 0.2) is 42.5 Å². The zero-order chi connectivity index (χ0) is 23.2. The summed E-state index contributed by atoms with van der Waals surface area (Å²) in [5, 5.41) is 16.8. The minimum atomic E-state index is 0.454. The number of nitrogens with zero attached hydrogens (tertiary/aromatic N) is 1. The fourth-order valence-corrected chi connectivity index (χ4v) is 4.43. The van der Waals surface area contributed by atoms with Gasteiger partial charge in [-0.15, -0.1) is 0 Å². The minimum Gasteiger partial charge on any atom is -0.494 e. The molecule has 2 aliphatic rings. The van der Waals surface area contributed by atoms with Crippen molar-refractivity contribution in [2.45, 2.75) is 57.5 Å². The molecule has 2 aromatic carbocycles. The highest BCUT2D eigenvalue weighted by molar-refractivity contribution is 6.02. The van der Waals surface area contributed by atoms with Crippen molar-refractivity contribution in [3.8, 4) is 17.0 Å². The summed E-state index contributed by atoms with van der Waals surface area (Å²) in [6.45, 7) is 2.63. The van der Waals surface area contributed by atoms with E-state index in [-0.39, 0.29) is 0 Å². The second kappa shape index (κ2) is 10.6. The van der Waals surface area contributed by atoms with Crippen LogP contribution in [-0.4, -0.2) is 35.9 Å². The molecule has 2 fully saturated rings. The number of nitrogens with one attached hydrogen (secondary N) is 3. The lowest BCUT2D eigenvalue weighted by atomic mass is 9.92. The molecule has 7 nitrogen and oxygen atoms in total. The predicted octanol–water partition coefficient (Wildman–Crippen LogP) is 5.56. The van der Waals surface area contributed by atoms with E-state index in [0.717, 1.165) is 58.5 Å². The van der Waals surface area contributed by atoms with E-state index >= 15 is 0 Å². The van der Waals surface area contributed by atoms with Crippen molar-refractivity contribution < 1.29 is 14.7 Å². The van der Waals surface area contributed by atoms with E-state index in [9.17, 15) is 10.0 Å². The van der Waals surface area contributed by atoms with Crippen LogP contribution in [0.5, 0.6) is 5.75 Å². The third kappa shape index (κ3) is 4.78. The monoisotopic (exact) mass is 450 g/mol. The van der Waals surface area contributed by atoms with Crippen molar-refractivity contribution in [2.24, 2.45) is 0 Å². The molecule has 0 unspecified atom stereocenters. The van der Waals surface area contributed by atoms with Crippen molar-refractivity contribution in [3.63, 3.8) is 0 Å². The average molecular weight is 451 g/mol. The minimum absolute atomic E-state index is 0.454. The summed E-state index contributed by atoms with van der Waals surface area (Å²) in [7, 11) is 1.91. The first kappa shape index (κ1) is 23.0. The summed E-state index contributed by atoms with van der Waals surface area (Å²) in [4.78, 5) is 9.70. The van der Waals surface area contributed by atoms with E-state index in [4.69, 9.17) is 4.74 Å². The largest absolute Gasteiger partial charge is 0.494 e. The van der Waals surface area contributed by atoms with Crippen molar-refractivity contribution in [2.75, 3.05) is 24.5 Å². The quantitative estimate of drug-likeness (QED) is 0.267. The van der Waals surface area contributed by atoms with Gasteiger partial charge in [-0.2, -0.15) is 0 Å². The first-order valence-corrected chi connectivity index (χ1v) is 11.9. The summed E-state index contributed by atoms with van der Waals surface area (Å²) < 4.78 is 8.08. The van der Waals surface area contributed by atoms with Gasteiger partial charge in [-0.1, -0.05) is 12.1 Å². The molecule has 0 radical (unpaired) electrons. The lowest BCUT2D eigenvalue weighted by molar-refractivity contribution is -0.110. The number of fused-ring (bicyclic) bond motifs is 1. The molecule has 7 heteroatoms. The third-order valence-electron chi connectivity index (χ3n) is 6.69. The normalized spacial score (nSPS) is 15.6. The molecule has 1 amide bonds. The lowest BCUT2D eigenvalue weighted by Gasteiger charge is -2.30. The van der Waals surface area contributed by atoms with Gasteiger partial charge >= 0.3 is 0 Å². The standard InChI is InChI=1S/C21H25N3O2.C5H9NO/c1-3-26-17-11-12-18-19(13-17)24(16-5-4-6-16)21(20(18)23-25)14-7-9-15(22-2)10-8-14;7-4-6-5-2-1-3-5/h7-13,16,22-23,25H,3-6H2,1-2H3;4-5H,1-3H2,(H,6,7). The smallest absolute Gasteiger partial charge is 0.207 e. The van der Waals surface area contributed by atoms with Crippen LogP contribution in [0.2, 0.25) is 0 Å². The Morgan fingerprint density at radius 2 is 1.82 bits per heavy atom. The summed E-state index contributed by atoms with van der Waals surface area (Å²) >= 11 is 0. The molecular weight excluding hydrogens is 416 g/mol. The van der Waals surface area contributed by atoms with Crippen LogP contribution in [0.4, 0.5) is 11.4 Å². The Labute approximate surface area is 195 Å². The van der Waals surface area contributed by atoms with Gasteiger partial charge in [0.25, 0.3) is 0 Å². The number of aromatic nitrogens is 1. The number of carbonyl (C=O) groups excluding carboxylic acids is 1. The zero-order valence-corrected chi connectivity index (χ0v) is 19.4. The first-order valence-electron chi connectivity index (χ1n) is 11.9. The Morgan fingerprint density at radius 1 is 1.09 bits per heavy atom. The summed E-state index contributed by atoms with van der Waals surface area (Å²) in [6.07, 6.45) is 7.99. The van der Waals surface area contributed by atoms with Gasteiger partial charge in [0.1, 0.15) is 5.75 Å². The molecule has 0 spiro atoms. The molecule has 0 saturated heterocycles. The fourth-order valence-electron chi connectivity index (χ4n) is 4.43. The number of amides is 1. The summed E-state index contributed by atoms with van der Waals surface area (Å²) in [6, 6.07) is 15.4. The summed E-state index contributed by atoms with van der Waals surface area (Å²) in [5.41, 5.74) is 7.50. The maximum absolute atomic E-state index is 9.93. The van der Waals surface area contributed by atoms with E-state index < -0.39 is 0 Å². The fraction of sp³-hybridized carbons (Fsp3) is 0.423. The van der Waals surface area contributed by atoms with Crippen LogP contribution >= 0.6 is 0 Å². The van der Waals surface area contributed by atoms with Crippen molar-refractivity contribution in [3.05, 3.63) is 42.5 Å².